The number of tetrazole rings is 1. The van der Waals surface area contributed by atoms with Gasteiger partial charge in [0.15, 0.2) is 0 Å². The van der Waals surface area contributed by atoms with Crippen LogP contribution < -0.4 is 5.32 Å². The minimum absolute atomic E-state index is 0.138. The van der Waals surface area contributed by atoms with Gasteiger partial charge in [-0.05, 0) is 59.3 Å². The molecule has 0 aliphatic carbocycles. The van der Waals surface area contributed by atoms with Crippen molar-refractivity contribution >= 4 is 5.91 Å². The van der Waals surface area contributed by atoms with Crippen molar-refractivity contribution in [1.82, 2.24) is 40.3 Å². The standard InChI is InChI=1S/C18H16N8O/c1-13(14-2-6-16(7-3-14)25-11-19-10-21-25)22-18(27)15-4-8-17(9-5-15)26-12-20-23-24-26/h2-13H,1H3,(H,22,27)/t13-/m1/s1. The number of hydrogen-bond donors (Lipinski definition) is 1. The van der Waals surface area contributed by atoms with Crippen LogP contribution in [0.25, 0.3) is 11.4 Å². The molecule has 0 aliphatic heterocycles. The quantitative estimate of drug-likeness (QED) is 0.581. The number of carbonyl (C=O) groups excluding carboxylic acids is 1. The highest BCUT2D eigenvalue weighted by molar-refractivity contribution is 5.94. The first-order valence-corrected chi connectivity index (χ1v) is 8.30. The fourth-order valence-electron chi connectivity index (χ4n) is 2.67. The summed E-state index contributed by atoms with van der Waals surface area (Å²) >= 11 is 0. The lowest BCUT2D eigenvalue weighted by atomic mass is 10.1. The lowest BCUT2D eigenvalue weighted by molar-refractivity contribution is 0.0940. The molecule has 0 unspecified atom stereocenters. The van der Waals surface area contributed by atoms with Gasteiger partial charge < -0.3 is 5.32 Å². The Labute approximate surface area is 154 Å². The summed E-state index contributed by atoms with van der Waals surface area (Å²) in [5.74, 6) is -0.147. The SMILES string of the molecule is C[C@@H](NC(=O)c1ccc(-n2cnnn2)cc1)c1ccc(-n2cncn2)cc1. The smallest absolute Gasteiger partial charge is 0.251 e. The second-order valence-electron chi connectivity index (χ2n) is 5.93. The Bertz CT molecular complexity index is 1010. The van der Waals surface area contributed by atoms with Gasteiger partial charge in [0.2, 0.25) is 0 Å². The maximum atomic E-state index is 12.5. The highest BCUT2D eigenvalue weighted by atomic mass is 16.1. The average molecular weight is 360 g/mol. The lowest BCUT2D eigenvalue weighted by Gasteiger charge is -2.15. The maximum Gasteiger partial charge on any atom is 0.251 e. The third kappa shape index (κ3) is 3.56. The molecule has 1 amide bonds. The molecule has 0 fully saturated rings. The van der Waals surface area contributed by atoms with Crippen molar-refractivity contribution in [2.45, 2.75) is 13.0 Å². The van der Waals surface area contributed by atoms with Crippen LogP contribution in [0.4, 0.5) is 0 Å². The number of carbonyl (C=O) groups is 1. The first-order valence-electron chi connectivity index (χ1n) is 8.30. The minimum atomic E-state index is -0.147. The maximum absolute atomic E-state index is 12.5. The van der Waals surface area contributed by atoms with Crippen LogP contribution in [-0.4, -0.2) is 40.9 Å². The van der Waals surface area contributed by atoms with Crippen LogP contribution in [0.1, 0.15) is 28.9 Å². The van der Waals surface area contributed by atoms with E-state index in [-0.39, 0.29) is 11.9 Å². The molecular formula is C18H16N8O. The van der Waals surface area contributed by atoms with Gasteiger partial charge in [-0.3, -0.25) is 4.79 Å². The largest absolute Gasteiger partial charge is 0.346 e. The predicted molar refractivity (Wildman–Crippen MR) is 96.4 cm³/mol. The lowest BCUT2D eigenvalue weighted by Crippen LogP contribution is -2.26. The number of benzene rings is 2. The number of nitrogens with one attached hydrogen (secondary N) is 1. The molecule has 134 valence electrons. The summed E-state index contributed by atoms with van der Waals surface area (Å²) in [5, 5.41) is 18.1. The van der Waals surface area contributed by atoms with E-state index in [1.54, 1.807) is 35.3 Å². The van der Waals surface area contributed by atoms with Gasteiger partial charge >= 0.3 is 0 Å². The Morgan fingerprint density at radius 3 is 2.30 bits per heavy atom. The first-order chi connectivity index (χ1) is 13.2. The molecule has 2 aromatic carbocycles. The third-order valence-corrected chi connectivity index (χ3v) is 4.17. The zero-order valence-electron chi connectivity index (χ0n) is 14.5. The number of hydrogen-bond acceptors (Lipinski definition) is 6. The summed E-state index contributed by atoms with van der Waals surface area (Å²) in [6, 6.07) is 14.7. The van der Waals surface area contributed by atoms with Gasteiger partial charge in [0.05, 0.1) is 17.4 Å². The van der Waals surface area contributed by atoms with Crippen LogP contribution in [0.5, 0.6) is 0 Å². The Hall–Kier alpha value is -3.88. The van der Waals surface area contributed by atoms with Crippen molar-refractivity contribution < 1.29 is 4.79 Å². The van der Waals surface area contributed by atoms with Crippen LogP contribution in [0.15, 0.2) is 67.5 Å². The molecule has 0 saturated heterocycles. The van der Waals surface area contributed by atoms with E-state index < -0.39 is 0 Å². The molecule has 9 heteroatoms. The molecule has 0 aliphatic rings. The second-order valence-corrected chi connectivity index (χ2v) is 5.93. The van der Waals surface area contributed by atoms with Crippen molar-refractivity contribution in [1.29, 1.82) is 0 Å². The summed E-state index contributed by atoms with van der Waals surface area (Å²) in [6.45, 7) is 1.94. The molecule has 0 spiro atoms. The summed E-state index contributed by atoms with van der Waals surface area (Å²) in [5.41, 5.74) is 3.26. The van der Waals surface area contributed by atoms with Gasteiger partial charge in [-0.25, -0.2) is 14.3 Å². The van der Waals surface area contributed by atoms with Crippen LogP contribution in [0.3, 0.4) is 0 Å². The molecule has 2 aromatic heterocycles. The van der Waals surface area contributed by atoms with Crippen molar-refractivity contribution in [2.24, 2.45) is 0 Å². The molecule has 1 atom stereocenters. The predicted octanol–water partition coefficient (Wildman–Crippen LogP) is 1.73. The summed E-state index contributed by atoms with van der Waals surface area (Å²) in [7, 11) is 0. The molecule has 2 heterocycles. The van der Waals surface area contributed by atoms with Gasteiger partial charge in [0.25, 0.3) is 5.91 Å². The highest BCUT2D eigenvalue weighted by Gasteiger charge is 2.12. The van der Waals surface area contributed by atoms with E-state index in [1.165, 1.54) is 17.3 Å². The highest BCUT2D eigenvalue weighted by Crippen LogP contribution is 2.16. The van der Waals surface area contributed by atoms with Crippen molar-refractivity contribution in [3.63, 3.8) is 0 Å². The fourth-order valence-corrected chi connectivity index (χ4v) is 2.67. The Balaban J connectivity index is 1.43. The molecule has 0 bridgehead atoms. The molecule has 27 heavy (non-hydrogen) atoms. The van der Waals surface area contributed by atoms with Crippen LogP contribution in [0, 0.1) is 0 Å². The molecule has 9 nitrogen and oxygen atoms in total. The van der Waals surface area contributed by atoms with E-state index in [4.69, 9.17) is 0 Å². The number of amides is 1. The van der Waals surface area contributed by atoms with E-state index in [1.807, 2.05) is 31.2 Å². The van der Waals surface area contributed by atoms with Gasteiger partial charge in [-0.15, -0.1) is 5.10 Å². The first kappa shape index (κ1) is 16.6. The fraction of sp³-hybridized carbons (Fsp3) is 0.111. The number of nitrogens with zero attached hydrogens (tertiary/aromatic N) is 7. The minimum Gasteiger partial charge on any atom is -0.346 e. The van der Waals surface area contributed by atoms with E-state index >= 15 is 0 Å². The van der Waals surface area contributed by atoms with E-state index in [0.717, 1.165) is 16.9 Å². The van der Waals surface area contributed by atoms with Crippen molar-refractivity contribution in [3.05, 3.63) is 78.6 Å². The topological polar surface area (TPSA) is 103 Å². The number of aromatic nitrogens is 7. The molecular weight excluding hydrogens is 344 g/mol. The average Bonchev–Trinajstić information content (AvgIpc) is 3.42. The van der Waals surface area contributed by atoms with Gasteiger partial charge in [-0.2, -0.15) is 5.10 Å². The molecule has 0 radical (unpaired) electrons. The van der Waals surface area contributed by atoms with Crippen LogP contribution >= 0.6 is 0 Å². The molecule has 1 N–H and O–H groups in total. The zero-order chi connectivity index (χ0) is 18.6. The van der Waals surface area contributed by atoms with E-state index in [0.29, 0.717) is 5.56 Å². The van der Waals surface area contributed by atoms with E-state index in [9.17, 15) is 4.79 Å². The Kier molecular flexibility index (Phi) is 4.40. The monoisotopic (exact) mass is 360 g/mol. The van der Waals surface area contributed by atoms with Gasteiger partial charge in [0.1, 0.15) is 19.0 Å². The molecule has 0 saturated carbocycles. The second kappa shape index (κ2) is 7.16. The van der Waals surface area contributed by atoms with Crippen LogP contribution in [0.2, 0.25) is 0 Å². The van der Waals surface area contributed by atoms with Crippen molar-refractivity contribution in [3.8, 4) is 11.4 Å². The van der Waals surface area contributed by atoms with Crippen molar-refractivity contribution in [2.75, 3.05) is 0 Å². The van der Waals surface area contributed by atoms with E-state index in [2.05, 4.69) is 30.9 Å². The summed E-state index contributed by atoms with van der Waals surface area (Å²) < 4.78 is 3.21. The normalized spacial score (nSPS) is 11.9. The van der Waals surface area contributed by atoms with Gasteiger partial charge in [0, 0.05) is 5.56 Å². The number of rotatable bonds is 5. The molecule has 4 rings (SSSR count). The molecule has 4 aromatic rings. The zero-order valence-corrected chi connectivity index (χ0v) is 14.5. The summed E-state index contributed by atoms with van der Waals surface area (Å²) in [6.07, 6.45) is 4.63. The third-order valence-electron chi connectivity index (χ3n) is 4.17. The Morgan fingerprint density at radius 2 is 1.67 bits per heavy atom. The van der Waals surface area contributed by atoms with Gasteiger partial charge in [-0.1, -0.05) is 12.1 Å². The van der Waals surface area contributed by atoms with Crippen LogP contribution in [-0.2, 0) is 0 Å². The Morgan fingerprint density at radius 1 is 0.963 bits per heavy atom. The summed E-state index contributed by atoms with van der Waals surface area (Å²) in [4.78, 5) is 16.4.